The lowest BCUT2D eigenvalue weighted by Gasteiger charge is -2.34. The highest BCUT2D eigenvalue weighted by Crippen LogP contribution is 2.21. The van der Waals surface area contributed by atoms with Gasteiger partial charge in [0.25, 0.3) is 5.56 Å². The molecule has 8 nitrogen and oxygen atoms in total. The zero-order valence-corrected chi connectivity index (χ0v) is 15.1. The minimum atomic E-state index is -3.96. The number of piperidine rings is 1. The Morgan fingerprint density at radius 3 is 2.09 bits per heavy atom. The van der Waals surface area contributed by atoms with Crippen LogP contribution in [0.15, 0.2) is 14.5 Å². The topological polar surface area (TPSA) is 84.6 Å². The highest BCUT2D eigenvalue weighted by molar-refractivity contribution is 7.89. The molecule has 9 heteroatoms. The van der Waals surface area contributed by atoms with Gasteiger partial charge in [-0.25, -0.2) is 13.2 Å². The number of rotatable bonds is 3. The Labute approximate surface area is 136 Å². The van der Waals surface area contributed by atoms with Crippen molar-refractivity contribution < 1.29 is 8.42 Å². The Hall–Kier alpha value is -1.45. The molecular formula is C14H24N4O4S. The van der Waals surface area contributed by atoms with Gasteiger partial charge in [-0.1, -0.05) is 0 Å². The number of hydrogen-bond donors (Lipinski definition) is 0. The minimum Gasteiger partial charge on any atom is -0.306 e. The third-order valence-corrected chi connectivity index (χ3v) is 6.79. The smallest absolute Gasteiger partial charge is 0.306 e. The summed E-state index contributed by atoms with van der Waals surface area (Å²) in [4.78, 5) is 26.1. The van der Waals surface area contributed by atoms with Crippen LogP contribution in [0.5, 0.6) is 0 Å². The Kier molecular flexibility index (Phi) is 4.84. The van der Waals surface area contributed by atoms with Gasteiger partial charge in [0, 0.05) is 32.9 Å². The quantitative estimate of drug-likeness (QED) is 0.710. The standard InChI is InChI=1S/C14H24N4O4S/c1-10-12(13(19)17(4)14(20)16(10)3)23(21,22)18(5)11-6-8-15(2)9-7-11/h11H,6-9H2,1-5H3. The van der Waals surface area contributed by atoms with E-state index in [1.54, 1.807) is 0 Å². The van der Waals surface area contributed by atoms with Gasteiger partial charge in [-0.2, -0.15) is 4.31 Å². The minimum absolute atomic E-state index is 0.141. The van der Waals surface area contributed by atoms with Gasteiger partial charge in [-0.3, -0.25) is 13.9 Å². The van der Waals surface area contributed by atoms with Crippen LogP contribution in [0, 0.1) is 6.92 Å². The second-order valence-electron chi connectivity index (χ2n) is 6.18. The Bertz CT molecular complexity index is 816. The fraction of sp³-hybridized carbons (Fsp3) is 0.714. The van der Waals surface area contributed by atoms with Crippen molar-refractivity contribution in [2.75, 3.05) is 27.2 Å². The first-order valence-electron chi connectivity index (χ1n) is 7.52. The summed E-state index contributed by atoms with van der Waals surface area (Å²) in [6.07, 6.45) is 1.44. The van der Waals surface area contributed by atoms with Crippen molar-refractivity contribution in [3.63, 3.8) is 0 Å². The fourth-order valence-corrected chi connectivity index (χ4v) is 4.67. The molecule has 1 saturated heterocycles. The average Bonchev–Trinajstić information content (AvgIpc) is 2.51. The monoisotopic (exact) mass is 344 g/mol. The van der Waals surface area contributed by atoms with Crippen LogP contribution in [-0.2, 0) is 24.1 Å². The summed E-state index contributed by atoms with van der Waals surface area (Å²) < 4.78 is 29.2. The van der Waals surface area contributed by atoms with Crippen molar-refractivity contribution in [3.05, 3.63) is 26.5 Å². The molecule has 1 fully saturated rings. The van der Waals surface area contributed by atoms with Crippen LogP contribution in [-0.4, -0.2) is 60.0 Å². The number of nitrogens with zero attached hydrogens (tertiary/aromatic N) is 4. The first-order chi connectivity index (χ1) is 10.6. The summed E-state index contributed by atoms with van der Waals surface area (Å²) in [5, 5.41) is 0. The van der Waals surface area contributed by atoms with E-state index < -0.39 is 21.3 Å². The maximum atomic E-state index is 13.0. The lowest BCUT2D eigenvalue weighted by molar-refractivity contribution is 0.197. The van der Waals surface area contributed by atoms with E-state index in [1.807, 2.05) is 7.05 Å². The normalized spacial score (nSPS) is 17.8. The van der Waals surface area contributed by atoms with Crippen LogP contribution in [0.3, 0.4) is 0 Å². The number of aromatic nitrogens is 2. The van der Waals surface area contributed by atoms with E-state index in [0.29, 0.717) is 0 Å². The van der Waals surface area contributed by atoms with E-state index in [0.717, 1.165) is 30.5 Å². The molecule has 0 spiro atoms. The van der Waals surface area contributed by atoms with Gasteiger partial charge in [0.05, 0.1) is 0 Å². The summed E-state index contributed by atoms with van der Waals surface area (Å²) in [6.45, 7) is 3.11. The predicted molar refractivity (Wildman–Crippen MR) is 87.1 cm³/mol. The predicted octanol–water partition coefficient (Wildman–Crippen LogP) is -0.893. The van der Waals surface area contributed by atoms with Gasteiger partial charge < -0.3 is 4.90 Å². The maximum Gasteiger partial charge on any atom is 0.330 e. The molecule has 1 aliphatic rings. The third-order valence-electron chi connectivity index (χ3n) is 4.74. The van der Waals surface area contributed by atoms with Gasteiger partial charge >= 0.3 is 5.69 Å². The average molecular weight is 344 g/mol. The molecule has 1 aromatic heterocycles. The molecule has 130 valence electrons. The second-order valence-corrected chi connectivity index (χ2v) is 8.11. The molecule has 0 aromatic carbocycles. The largest absolute Gasteiger partial charge is 0.330 e. The third kappa shape index (κ3) is 3.00. The van der Waals surface area contributed by atoms with Crippen molar-refractivity contribution in [2.45, 2.75) is 30.7 Å². The lowest BCUT2D eigenvalue weighted by atomic mass is 10.1. The molecule has 2 rings (SSSR count). The highest BCUT2D eigenvalue weighted by Gasteiger charge is 2.34. The SMILES string of the molecule is Cc1c(S(=O)(=O)N(C)C2CCN(C)CC2)c(=O)n(C)c(=O)n1C. The van der Waals surface area contributed by atoms with Crippen molar-refractivity contribution in [1.82, 2.24) is 18.3 Å². The first kappa shape index (κ1) is 17.9. The van der Waals surface area contributed by atoms with Gasteiger partial charge in [-0.05, 0) is 39.9 Å². The van der Waals surface area contributed by atoms with Crippen LogP contribution >= 0.6 is 0 Å². The summed E-state index contributed by atoms with van der Waals surface area (Å²) in [5.74, 6) is 0. The highest BCUT2D eigenvalue weighted by atomic mass is 32.2. The van der Waals surface area contributed by atoms with Gasteiger partial charge in [0.2, 0.25) is 10.0 Å². The van der Waals surface area contributed by atoms with E-state index in [1.165, 1.54) is 36.9 Å². The molecule has 0 N–H and O–H groups in total. The molecule has 0 unspecified atom stereocenters. The Balaban J connectivity index is 2.53. The molecule has 0 aliphatic carbocycles. The molecule has 0 amide bonds. The molecule has 0 atom stereocenters. The van der Waals surface area contributed by atoms with Crippen molar-refractivity contribution in [2.24, 2.45) is 14.1 Å². The van der Waals surface area contributed by atoms with Crippen molar-refractivity contribution >= 4 is 10.0 Å². The molecular weight excluding hydrogens is 320 g/mol. The molecule has 1 aromatic rings. The lowest BCUT2D eigenvalue weighted by Crippen LogP contribution is -2.48. The van der Waals surface area contributed by atoms with E-state index in [-0.39, 0.29) is 16.6 Å². The fourth-order valence-electron chi connectivity index (χ4n) is 2.91. The molecule has 0 radical (unpaired) electrons. The van der Waals surface area contributed by atoms with Gasteiger partial charge in [0.1, 0.15) is 0 Å². The van der Waals surface area contributed by atoms with E-state index >= 15 is 0 Å². The number of likely N-dealkylation sites (tertiary alicyclic amines) is 1. The first-order valence-corrected chi connectivity index (χ1v) is 8.96. The van der Waals surface area contributed by atoms with Crippen LogP contribution in [0.2, 0.25) is 0 Å². The van der Waals surface area contributed by atoms with E-state index in [2.05, 4.69) is 4.90 Å². The van der Waals surface area contributed by atoms with Crippen molar-refractivity contribution in [1.29, 1.82) is 0 Å². The summed E-state index contributed by atoms with van der Waals surface area (Å²) in [6, 6.07) is -0.141. The van der Waals surface area contributed by atoms with E-state index in [4.69, 9.17) is 0 Å². The molecule has 1 aliphatic heterocycles. The molecule has 23 heavy (non-hydrogen) atoms. The van der Waals surface area contributed by atoms with Gasteiger partial charge in [-0.15, -0.1) is 0 Å². The summed E-state index contributed by atoms with van der Waals surface area (Å²) in [7, 11) is 2.30. The molecule has 0 saturated carbocycles. The maximum absolute atomic E-state index is 13.0. The van der Waals surface area contributed by atoms with Crippen LogP contribution < -0.4 is 11.2 Å². The zero-order chi connectivity index (χ0) is 17.5. The molecule has 0 bridgehead atoms. The van der Waals surface area contributed by atoms with Gasteiger partial charge in [0.15, 0.2) is 4.90 Å². The van der Waals surface area contributed by atoms with Crippen LogP contribution in [0.4, 0.5) is 0 Å². The number of sulfonamides is 1. The molecule has 2 heterocycles. The van der Waals surface area contributed by atoms with Crippen LogP contribution in [0.1, 0.15) is 18.5 Å². The Morgan fingerprint density at radius 1 is 1.04 bits per heavy atom. The Morgan fingerprint density at radius 2 is 1.57 bits per heavy atom. The van der Waals surface area contributed by atoms with E-state index in [9.17, 15) is 18.0 Å². The second kappa shape index (κ2) is 6.21. The summed E-state index contributed by atoms with van der Waals surface area (Å²) in [5.41, 5.74) is -1.14. The number of hydrogen-bond acceptors (Lipinski definition) is 5. The van der Waals surface area contributed by atoms with Crippen LogP contribution in [0.25, 0.3) is 0 Å². The van der Waals surface area contributed by atoms with Crippen molar-refractivity contribution in [3.8, 4) is 0 Å². The zero-order valence-electron chi connectivity index (χ0n) is 14.2. The summed E-state index contributed by atoms with van der Waals surface area (Å²) >= 11 is 0.